The lowest BCUT2D eigenvalue weighted by atomic mass is 10.0. The van der Waals surface area contributed by atoms with Gasteiger partial charge in [-0.3, -0.25) is 4.79 Å². The molecule has 0 saturated heterocycles. The van der Waals surface area contributed by atoms with Crippen LogP contribution in [0.4, 0.5) is 0 Å². The van der Waals surface area contributed by atoms with E-state index in [4.69, 9.17) is 0 Å². The lowest BCUT2D eigenvalue weighted by molar-refractivity contribution is -0.118. The molecule has 1 fully saturated rings. The number of amides is 1. The number of sulfone groups is 1. The standard InChI is InChI=1S/C9H16BrNO3S/c1-15(13,14)6-8(12)11-7-9(2-3-9)4-5-10/h2-7H2,1H3,(H,11,12). The van der Waals surface area contributed by atoms with Crippen molar-refractivity contribution in [2.45, 2.75) is 19.3 Å². The van der Waals surface area contributed by atoms with Crippen LogP contribution in [-0.2, 0) is 14.6 Å². The average Bonchev–Trinajstić information content (AvgIpc) is 2.80. The molecule has 1 amide bonds. The molecule has 15 heavy (non-hydrogen) atoms. The van der Waals surface area contributed by atoms with Crippen LogP contribution in [0.15, 0.2) is 0 Å². The summed E-state index contributed by atoms with van der Waals surface area (Å²) >= 11 is 3.37. The van der Waals surface area contributed by atoms with Crippen molar-refractivity contribution in [2.24, 2.45) is 5.41 Å². The molecule has 1 rings (SSSR count). The Bertz CT molecular complexity index is 335. The van der Waals surface area contributed by atoms with Gasteiger partial charge in [-0.25, -0.2) is 8.42 Å². The number of nitrogens with one attached hydrogen (secondary N) is 1. The minimum Gasteiger partial charge on any atom is -0.355 e. The molecule has 1 N–H and O–H groups in total. The van der Waals surface area contributed by atoms with Gasteiger partial charge in [-0.2, -0.15) is 0 Å². The van der Waals surface area contributed by atoms with Crippen LogP contribution < -0.4 is 5.32 Å². The summed E-state index contributed by atoms with van der Waals surface area (Å²) in [5, 5.41) is 3.61. The third-order valence-corrected chi connectivity index (χ3v) is 3.82. The molecule has 1 aliphatic rings. The molecule has 0 atom stereocenters. The molecule has 4 nitrogen and oxygen atoms in total. The van der Waals surface area contributed by atoms with Crippen LogP contribution in [0, 0.1) is 5.41 Å². The highest BCUT2D eigenvalue weighted by molar-refractivity contribution is 9.09. The zero-order valence-corrected chi connectivity index (χ0v) is 11.2. The van der Waals surface area contributed by atoms with Gasteiger partial charge in [0, 0.05) is 18.1 Å². The first-order chi connectivity index (χ1) is 6.87. The Morgan fingerprint density at radius 2 is 2.07 bits per heavy atom. The zero-order chi connectivity index (χ0) is 11.5. The molecule has 88 valence electrons. The molecule has 1 aliphatic carbocycles. The van der Waals surface area contributed by atoms with Crippen LogP contribution in [0.1, 0.15) is 19.3 Å². The van der Waals surface area contributed by atoms with Gasteiger partial charge in [0.2, 0.25) is 5.91 Å². The summed E-state index contributed by atoms with van der Waals surface area (Å²) in [5.41, 5.74) is 0.233. The summed E-state index contributed by atoms with van der Waals surface area (Å²) < 4.78 is 21.7. The van der Waals surface area contributed by atoms with Gasteiger partial charge in [-0.1, -0.05) is 15.9 Å². The molecular formula is C9H16BrNO3S. The smallest absolute Gasteiger partial charge is 0.235 e. The Kier molecular flexibility index (Phi) is 4.17. The van der Waals surface area contributed by atoms with Gasteiger partial charge < -0.3 is 5.32 Å². The van der Waals surface area contributed by atoms with E-state index in [-0.39, 0.29) is 5.41 Å². The fraction of sp³-hybridized carbons (Fsp3) is 0.889. The highest BCUT2D eigenvalue weighted by Gasteiger charge is 2.41. The Morgan fingerprint density at radius 1 is 1.47 bits per heavy atom. The second-order valence-electron chi connectivity index (χ2n) is 4.29. The number of hydrogen-bond acceptors (Lipinski definition) is 3. The molecule has 1 saturated carbocycles. The SMILES string of the molecule is CS(=O)(=O)CC(=O)NCC1(CCBr)CC1. The number of rotatable bonds is 6. The Hall–Kier alpha value is -0.100. The number of carbonyl (C=O) groups is 1. The maximum absolute atomic E-state index is 11.2. The van der Waals surface area contributed by atoms with Crippen molar-refractivity contribution in [3.05, 3.63) is 0 Å². The predicted octanol–water partition coefficient (Wildman–Crippen LogP) is 0.712. The lowest BCUT2D eigenvalue weighted by Gasteiger charge is -2.13. The monoisotopic (exact) mass is 297 g/mol. The number of carbonyl (C=O) groups excluding carboxylic acids is 1. The van der Waals surface area contributed by atoms with Crippen molar-refractivity contribution in [2.75, 3.05) is 23.9 Å². The van der Waals surface area contributed by atoms with Crippen molar-refractivity contribution in [1.82, 2.24) is 5.32 Å². The molecule has 0 spiro atoms. The van der Waals surface area contributed by atoms with Crippen LogP contribution >= 0.6 is 15.9 Å². The van der Waals surface area contributed by atoms with E-state index in [0.717, 1.165) is 30.8 Å². The summed E-state index contributed by atoms with van der Waals surface area (Å²) in [5.74, 6) is -0.796. The number of hydrogen-bond donors (Lipinski definition) is 1. The third kappa shape index (κ3) is 4.97. The average molecular weight is 298 g/mol. The molecule has 0 bridgehead atoms. The third-order valence-electron chi connectivity index (χ3n) is 2.64. The molecule has 6 heteroatoms. The van der Waals surface area contributed by atoms with Crippen molar-refractivity contribution in [1.29, 1.82) is 0 Å². The fourth-order valence-electron chi connectivity index (χ4n) is 1.47. The molecule has 0 aromatic rings. The van der Waals surface area contributed by atoms with Crippen molar-refractivity contribution in [3.8, 4) is 0 Å². The Balaban J connectivity index is 2.29. The van der Waals surface area contributed by atoms with Gasteiger partial charge in [0.05, 0.1) is 0 Å². The summed E-state index contributed by atoms with van der Waals surface area (Å²) in [7, 11) is -3.20. The first kappa shape index (κ1) is 13.0. The van der Waals surface area contributed by atoms with Gasteiger partial charge in [0.25, 0.3) is 0 Å². The predicted molar refractivity (Wildman–Crippen MR) is 62.8 cm³/mol. The second kappa shape index (κ2) is 4.82. The van der Waals surface area contributed by atoms with Crippen LogP contribution in [0.2, 0.25) is 0 Å². The van der Waals surface area contributed by atoms with Crippen LogP contribution in [0.3, 0.4) is 0 Å². The van der Waals surface area contributed by atoms with E-state index < -0.39 is 21.5 Å². The van der Waals surface area contributed by atoms with Gasteiger partial charge >= 0.3 is 0 Å². The molecule has 0 aromatic heterocycles. The van der Waals surface area contributed by atoms with Crippen molar-refractivity contribution in [3.63, 3.8) is 0 Å². The first-order valence-corrected chi connectivity index (χ1v) is 8.05. The highest BCUT2D eigenvalue weighted by atomic mass is 79.9. The van der Waals surface area contributed by atoms with Crippen LogP contribution in [-0.4, -0.2) is 38.2 Å². The summed E-state index contributed by atoms with van der Waals surface area (Å²) in [6, 6.07) is 0. The molecule has 0 radical (unpaired) electrons. The molecular weight excluding hydrogens is 282 g/mol. The van der Waals surface area contributed by atoms with E-state index in [9.17, 15) is 13.2 Å². The number of alkyl halides is 1. The molecule has 0 aromatic carbocycles. The van der Waals surface area contributed by atoms with Crippen LogP contribution in [0.5, 0.6) is 0 Å². The van der Waals surface area contributed by atoms with E-state index in [1.165, 1.54) is 0 Å². The maximum atomic E-state index is 11.2. The van der Waals surface area contributed by atoms with Gasteiger partial charge in [0.1, 0.15) is 5.75 Å². The first-order valence-electron chi connectivity index (χ1n) is 4.87. The summed E-state index contributed by atoms with van der Waals surface area (Å²) in [6.07, 6.45) is 4.35. The van der Waals surface area contributed by atoms with Crippen LogP contribution in [0.25, 0.3) is 0 Å². The second-order valence-corrected chi connectivity index (χ2v) is 7.22. The normalized spacial score (nSPS) is 18.5. The maximum Gasteiger partial charge on any atom is 0.235 e. The van der Waals surface area contributed by atoms with Gasteiger partial charge in [-0.15, -0.1) is 0 Å². The van der Waals surface area contributed by atoms with Gasteiger partial charge in [-0.05, 0) is 24.7 Å². The quantitative estimate of drug-likeness (QED) is 0.735. The minimum atomic E-state index is -3.20. The largest absolute Gasteiger partial charge is 0.355 e. The van der Waals surface area contributed by atoms with Crippen molar-refractivity contribution < 1.29 is 13.2 Å². The zero-order valence-electron chi connectivity index (χ0n) is 8.75. The number of halogens is 1. The lowest BCUT2D eigenvalue weighted by Crippen LogP contribution is -2.34. The molecule has 0 unspecified atom stereocenters. The van der Waals surface area contributed by atoms with Gasteiger partial charge in [0.15, 0.2) is 9.84 Å². The fourth-order valence-corrected chi connectivity index (χ4v) is 2.89. The Labute approximate surface area is 98.9 Å². The molecule has 0 heterocycles. The molecule has 0 aliphatic heterocycles. The van der Waals surface area contributed by atoms with E-state index in [1.807, 2.05) is 0 Å². The van der Waals surface area contributed by atoms with E-state index in [1.54, 1.807) is 0 Å². The van der Waals surface area contributed by atoms with E-state index in [2.05, 4.69) is 21.2 Å². The summed E-state index contributed by atoms with van der Waals surface area (Å²) in [6.45, 7) is 0.604. The van der Waals surface area contributed by atoms with E-state index in [0.29, 0.717) is 6.54 Å². The Morgan fingerprint density at radius 3 is 2.47 bits per heavy atom. The van der Waals surface area contributed by atoms with Crippen molar-refractivity contribution >= 4 is 31.7 Å². The highest BCUT2D eigenvalue weighted by Crippen LogP contribution is 2.48. The summed E-state index contributed by atoms with van der Waals surface area (Å²) in [4.78, 5) is 11.2. The topological polar surface area (TPSA) is 63.2 Å². The minimum absolute atomic E-state index is 0.233. The van der Waals surface area contributed by atoms with E-state index >= 15 is 0 Å².